The molecule has 8 heteroatoms. The fourth-order valence-electron chi connectivity index (χ4n) is 3.01. The molecule has 5 nitrogen and oxygen atoms in total. The summed E-state index contributed by atoms with van der Waals surface area (Å²) in [6, 6.07) is 16.2. The van der Waals surface area contributed by atoms with Crippen molar-refractivity contribution in [3.63, 3.8) is 0 Å². The molecule has 2 amide bonds. The van der Waals surface area contributed by atoms with Crippen LogP contribution in [0.25, 0.3) is 17.4 Å². The minimum Gasteiger partial charge on any atom is -0.496 e. The SMILES string of the molecule is COc1ccc(Cl)cc1-c1ccc(/C=C2/SC(=O)N(Cc3ccccc3Br)C2=O)o1. The van der Waals surface area contributed by atoms with E-state index in [0.29, 0.717) is 32.8 Å². The highest BCUT2D eigenvalue weighted by Gasteiger charge is 2.35. The van der Waals surface area contributed by atoms with Gasteiger partial charge in [0.1, 0.15) is 17.3 Å². The third-order valence-electron chi connectivity index (χ3n) is 4.49. The number of rotatable bonds is 5. The Morgan fingerprint density at radius 2 is 1.97 bits per heavy atom. The first kappa shape index (κ1) is 20.8. The Morgan fingerprint density at radius 3 is 2.73 bits per heavy atom. The lowest BCUT2D eigenvalue weighted by Gasteiger charge is -2.13. The fourth-order valence-corrected chi connectivity index (χ4v) is 4.41. The molecular formula is C22H15BrClNO4S. The highest BCUT2D eigenvalue weighted by molar-refractivity contribution is 9.10. The third kappa shape index (κ3) is 4.19. The second-order valence-corrected chi connectivity index (χ2v) is 8.69. The lowest BCUT2D eigenvalue weighted by molar-refractivity contribution is -0.123. The molecule has 30 heavy (non-hydrogen) atoms. The number of methoxy groups -OCH3 is 1. The maximum absolute atomic E-state index is 12.8. The normalized spacial score (nSPS) is 15.3. The van der Waals surface area contributed by atoms with E-state index in [4.69, 9.17) is 20.8 Å². The summed E-state index contributed by atoms with van der Waals surface area (Å²) in [5, 5.41) is 0.238. The van der Waals surface area contributed by atoms with Crippen LogP contribution in [0.2, 0.25) is 5.02 Å². The van der Waals surface area contributed by atoms with Gasteiger partial charge < -0.3 is 9.15 Å². The Hall–Kier alpha value is -2.48. The number of ether oxygens (including phenoxy) is 1. The van der Waals surface area contributed by atoms with Crippen molar-refractivity contribution in [3.8, 4) is 17.1 Å². The second kappa shape index (κ2) is 8.71. The van der Waals surface area contributed by atoms with E-state index in [1.54, 1.807) is 43.5 Å². The van der Waals surface area contributed by atoms with E-state index < -0.39 is 0 Å². The number of furan rings is 1. The molecule has 0 unspecified atom stereocenters. The molecule has 1 aliphatic heterocycles. The largest absolute Gasteiger partial charge is 0.496 e. The van der Waals surface area contributed by atoms with Gasteiger partial charge in [-0.05, 0) is 53.7 Å². The van der Waals surface area contributed by atoms with Crippen LogP contribution in [-0.4, -0.2) is 23.2 Å². The lowest BCUT2D eigenvalue weighted by Crippen LogP contribution is -2.27. The zero-order valence-corrected chi connectivity index (χ0v) is 18.9. The van der Waals surface area contributed by atoms with Gasteiger partial charge in [0.05, 0.1) is 24.1 Å². The molecule has 1 aliphatic rings. The maximum Gasteiger partial charge on any atom is 0.293 e. The van der Waals surface area contributed by atoms with Crippen molar-refractivity contribution in [1.82, 2.24) is 4.90 Å². The molecule has 152 valence electrons. The molecule has 2 heterocycles. The van der Waals surface area contributed by atoms with Gasteiger partial charge >= 0.3 is 0 Å². The summed E-state index contributed by atoms with van der Waals surface area (Å²) < 4.78 is 12.1. The van der Waals surface area contributed by atoms with Crippen LogP contribution in [0.15, 0.2) is 68.4 Å². The van der Waals surface area contributed by atoms with Crippen LogP contribution in [0, 0.1) is 0 Å². The average molecular weight is 505 g/mol. The van der Waals surface area contributed by atoms with E-state index in [9.17, 15) is 9.59 Å². The van der Waals surface area contributed by atoms with Gasteiger partial charge in [-0.1, -0.05) is 45.7 Å². The van der Waals surface area contributed by atoms with Crippen LogP contribution in [0.3, 0.4) is 0 Å². The van der Waals surface area contributed by atoms with Crippen LogP contribution in [0.1, 0.15) is 11.3 Å². The first-order valence-corrected chi connectivity index (χ1v) is 10.9. The number of halogens is 2. The van der Waals surface area contributed by atoms with Crippen molar-refractivity contribution in [3.05, 3.63) is 80.3 Å². The van der Waals surface area contributed by atoms with Gasteiger partial charge in [-0.25, -0.2) is 0 Å². The zero-order chi connectivity index (χ0) is 21.3. The number of thioether (sulfide) groups is 1. The quantitative estimate of drug-likeness (QED) is 0.366. The second-order valence-electron chi connectivity index (χ2n) is 6.41. The number of hydrogen-bond donors (Lipinski definition) is 0. The Labute approximate surface area is 190 Å². The van der Waals surface area contributed by atoms with Crippen molar-refractivity contribution >= 4 is 56.5 Å². The number of amides is 2. The summed E-state index contributed by atoms with van der Waals surface area (Å²) in [6.45, 7) is 0.201. The van der Waals surface area contributed by atoms with E-state index in [2.05, 4.69) is 15.9 Å². The van der Waals surface area contributed by atoms with Gasteiger partial charge in [0.25, 0.3) is 11.1 Å². The number of carbonyl (C=O) groups is 2. The Balaban J connectivity index is 1.58. The predicted octanol–water partition coefficient (Wildman–Crippen LogP) is 6.61. The van der Waals surface area contributed by atoms with Crippen LogP contribution in [-0.2, 0) is 11.3 Å². The molecule has 0 spiro atoms. The van der Waals surface area contributed by atoms with Crippen LogP contribution >= 0.6 is 39.3 Å². The number of carbonyl (C=O) groups excluding carboxylic acids is 2. The molecule has 0 atom stereocenters. The monoisotopic (exact) mass is 503 g/mol. The first-order chi connectivity index (χ1) is 14.5. The molecule has 0 N–H and O–H groups in total. The van der Waals surface area contributed by atoms with Crippen LogP contribution in [0.5, 0.6) is 5.75 Å². The van der Waals surface area contributed by atoms with Crippen molar-refractivity contribution in [2.24, 2.45) is 0 Å². The number of hydrogen-bond acceptors (Lipinski definition) is 5. The average Bonchev–Trinajstić information content (AvgIpc) is 3.30. The van der Waals surface area contributed by atoms with Crippen molar-refractivity contribution in [2.75, 3.05) is 7.11 Å². The van der Waals surface area contributed by atoms with Gasteiger partial charge in [0.15, 0.2) is 0 Å². The highest BCUT2D eigenvalue weighted by atomic mass is 79.9. The summed E-state index contributed by atoms with van der Waals surface area (Å²) in [5.41, 5.74) is 1.56. The van der Waals surface area contributed by atoms with E-state index in [-0.39, 0.29) is 17.7 Å². The fraction of sp³-hybridized carbons (Fsp3) is 0.0909. The van der Waals surface area contributed by atoms with E-state index >= 15 is 0 Å². The standard InChI is InChI=1S/C22H15BrClNO4S/c1-28-18-8-6-14(24)10-16(18)19-9-7-15(29-19)11-20-21(26)25(22(27)30-20)12-13-4-2-3-5-17(13)23/h2-11H,12H2,1H3/b20-11+. The molecule has 2 aromatic carbocycles. The van der Waals surface area contributed by atoms with Crippen molar-refractivity contribution in [2.45, 2.75) is 6.54 Å². The summed E-state index contributed by atoms with van der Waals surface area (Å²) >= 11 is 10.4. The van der Waals surface area contributed by atoms with Gasteiger partial charge in [-0.3, -0.25) is 14.5 Å². The minimum atomic E-state index is -0.348. The summed E-state index contributed by atoms with van der Waals surface area (Å²) in [5.74, 6) is 1.28. The molecule has 4 rings (SSSR count). The molecule has 1 aromatic heterocycles. The van der Waals surface area contributed by atoms with Crippen LogP contribution in [0.4, 0.5) is 4.79 Å². The molecule has 0 saturated carbocycles. The molecule has 1 saturated heterocycles. The molecule has 0 radical (unpaired) electrons. The molecule has 0 aliphatic carbocycles. The summed E-state index contributed by atoms with van der Waals surface area (Å²) in [4.78, 5) is 26.7. The van der Waals surface area contributed by atoms with Crippen molar-refractivity contribution < 1.29 is 18.7 Å². The Bertz CT molecular complexity index is 1170. The third-order valence-corrected chi connectivity index (χ3v) is 6.40. The van der Waals surface area contributed by atoms with Gasteiger partial charge in [0, 0.05) is 15.6 Å². The molecule has 3 aromatic rings. The molecular weight excluding hydrogens is 490 g/mol. The Morgan fingerprint density at radius 1 is 1.17 bits per heavy atom. The molecule has 1 fully saturated rings. The minimum absolute atomic E-state index is 0.201. The van der Waals surface area contributed by atoms with E-state index in [0.717, 1.165) is 21.8 Å². The van der Waals surface area contributed by atoms with Gasteiger partial charge in [-0.2, -0.15) is 0 Å². The zero-order valence-electron chi connectivity index (χ0n) is 15.7. The van der Waals surface area contributed by atoms with E-state index in [1.807, 2.05) is 24.3 Å². The predicted molar refractivity (Wildman–Crippen MR) is 121 cm³/mol. The Kier molecular flexibility index (Phi) is 6.04. The summed E-state index contributed by atoms with van der Waals surface area (Å²) in [7, 11) is 1.57. The topological polar surface area (TPSA) is 59.8 Å². The highest BCUT2D eigenvalue weighted by Crippen LogP contribution is 2.37. The lowest BCUT2D eigenvalue weighted by atomic mass is 10.1. The maximum atomic E-state index is 12.8. The number of nitrogens with zero attached hydrogens (tertiary/aromatic N) is 1. The first-order valence-electron chi connectivity index (χ1n) is 8.89. The number of benzene rings is 2. The van der Waals surface area contributed by atoms with E-state index in [1.165, 1.54) is 4.90 Å². The van der Waals surface area contributed by atoms with Gasteiger partial charge in [0.2, 0.25) is 0 Å². The van der Waals surface area contributed by atoms with Crippen molar-refractivity contribution in [1.29, 1.82) is 0 Å². The number of imide groups is 1. The van der Waals surface area contributed by atoms with Gasteiger partial charge in [-0.15, -0.1) is 0 Å². The smallest absolute Gasteiger partial charge is 0.293 e. The summed E-state index contributed by atoms with van der Waals surface area (Å²) in [6.07, 6.45) is 1.57. The molecule has 0 bridgehead atoms. The van der Waals surface area contributed by atoms with Crippen LogP contribution < -0.4 is 4.74 Å².